The van der Waals surface area contributed by atoms with E-state index in [2.05, 4.69) is 60.8 Å². The molecule has 0 aromatic heterocycles. The molecule has 20 heavy (non-hydrogen) atoms. The van der Waals surface area contributed by atoms with E-state index in [0.717, 1.165) is 19.4 Å². The number of hydrogen-bond acceptors (Lipinski definition) is 2. The van der Waals surface area contributed by atoms with Crippen molar-refractivity contribution in [2.24, 2.45) is 0 Å². The average Bonchev–Trinajstić information content (AvgIpc) is 2.53. The Kier molecular flexibility index (Phi) is 5.78. The van der Waals surface area contributed by atoms with Crippen LogP contribution in [-0.2, 0) is 6.54 Å². The van der Waals surface area contributed by atoms with Gasteiger partial charge in [-0.1, -0.05) is 61.5 Å². The van der Waals surface area contributed by atoms with Crippen LogP contribution in [0.2, 0.25) is 0 Å². The summed E-state index contributed by atoms with van der Waals surface area (Å²) in [5, 5.41) is 12.5. The molecule has 0 radical (unpaired) electrons. The van der Waals surface area contributed by atoms with E-state index in [1.807, 2.05) is 6.07 Å². The number of nitrogens with one attached hydrogen (secondary N) is 1. The minimum atomic E-state index is 0.248. The van der Waals surface area contributed by atoms with E-state index in [1.54, 1.807) is 0 Å². The normalized spacial score (nSPS) is 12.3. The van der Waals surface area contributed by atoms with Gasteiger partial charge in [0.05, 0.1) is 0 Å². The molecule has 1 atom stereocenters. The van der Waals surface area contributed by atoms with Crippen molar-refractivity contribution in [3.8, 4) is 11.1 Å². The molecule has 0 aliphatic rings. The van der Waals surface area contributed by atoms with Crippen LogP contribution in [0, 0.1) is 0 Å². The standard InChI is InChI=1S/C18H23NO/c1-2-18(12-13-20)19-14-15-8-10-17(11-9-15)16-6-4-3-5-7-16/h3-11,18-20H,2,12-14H2,1H3. The van der Waals surface area contributed by atoms with Crippen molar-refractivity contribution in [3.63, 3.8) is 0 Å². The summed E-state index contributed by atoms with van der Waals surface area (Å²) in [5.74, 6) is 0. The van der Waals surface area contributed by atoms with Gasteiger partial charge in [-0.15, -0.1) is 0 Å². The first-order valence-electron chi connectivity index (χ1n) is 7.32. The Morgan fingerprint density at radius 1 is 0.950 bits per heavy atom. The van der Waals surface area contributed by atoms with Crippen molar-refractivity contribution in [3.05, 3.63) is 60.2 Å². The van der Waals surface area contributed by atoms with Gasteiger partial charge in [0.25, 0.3) is 0 Å². The first-order valence-corrected chi connectivity index (χ1v) is 7.32. The molecule has 2 N–H and O–H groups in total. The van der Waals surface area contributed by atoms with E-state index in [9.17, 15) is 0 Å². The summed E-state index contributed by atoms with van der Waals surface area (Å²) in [5.41, 5.74) is 3.77. The lowest BCUT2D eigenvalue weighted by atomic mass is 10.0. The minimum Gasteiger partial charge on any atom is -0.396 e. The molecule has 2 aromatic carbocycles. The lowest BCUT2D eigenvalue weighted by Crippen LogP contribution is -2.28. The van der Waals surface area contributed by atoms with Crippen molar-refractivity contribution < 1.29 is 5.11 Å². The third kappa shape index (κ3) is 4.19. The van der Waals surface area contributed by atoms with Crippen LogP contribution < -0.4 is 5.32 Å². The Bertz CT molecular complexity index is 493. The molecule has 0 aliphatic heterocycles. The van der Waals surface area contributed by atoms with Gasteiger partial charge < -0.3 is 10.4 Å². The van der Waals surface area contributed by atoms with E-state index < -0.39 is 0 Å². The molecule has 106 valence electrons. The maximum atomic E-state index is 8.99. The highest BCUT2D eigenvalue weighted by molar-refractivity contribution is 5.63. The Morgan fingerprint density at radius 3 is 2.20 bits per heavy atom. The van der Waals surface area contributed by atoms with Crippen LogP contribution in [0.5, 0.6) is 0 Å². The first kappa shape index (κ1) is 14.8. The lowest BCUT2D eigenvalue weighted by molar-refractivity contribution is 0.262. The number of rotatable bonds is 7. The Hall–Kier alpha value is -1.64. The SMILES string of the molecule is CCC(CCO)NCc1ccc(-c2ccccc2)cc1. The predicted molar refractivity (Wildman–Crippen MR) is 84.5 cm³/mol. The molecule has 0 aliphatic carbocycles. The van der Waals surface area contributed by atoms with Gasteiger partial charge in [-0.2, -0.15) is 0 Å². The molecule has 0 fully saturated rings. The second-order valence-electron chi connectivity index (χ2n) is 5.06. The van der Waals surface area contributed by atoms with Crippen LogP contribution in [0.15, 0.2) is 54.6 Å². The summed E-state index contributed by atoms with van der Waals surface area (Å²) < 4.78 is 0. The Labute approximate surface area is 121 Å². The maximum absolute atomic E-state index is 8.99. The monoisotopic (exact) mass is 269 g/mol. The third-order valence-corrected chi connectivity index (χ3v) is 3.63. The van der Waals surface area contributed by atoms with Crippen molar-refractivity contribution in [1.29, 1.82) is 0 Å². The molecule has 2 nitrogen and oxygen atoms in total. The van der Waals surface area contributed by atoms with Crippen LogP contribution in [0.25, 0.3) is 11.1 Å². The summed E-state index contributed by atoms with van der Waals surface area (Å²) in [6.45, 7) is 3.25. The predicted octanol–water partition coefficient (Wildman–Crippen LogP) is 3.60. The van der Waals surface area contributed by atoms with Crippen LogP contribution in [0.3, 0.4) is 0 Å². The van der Waals surface area contributed by atoms with Gasteiger partial charge in [0.15, 0.2) is 0 Å². The maximum Gasteiger partial charge on any atom is 0.0445 e. The molecule has 0 bridgehead atoms. The van der Waals surface area contributed by atoms with Crippen molar-refractivity contribution in [2.45, 2.75) is 32.4 Å². The summed E-state index contributed by atoms with van der Waals surface area (Å²) in [6.07, 6.45) is 1.86. The smallest absolute Gasteiger partial charge is 0.0445 e. The molecule has 0 heterocycles. The quantitative estimate of drug-likeness (QED) is 0.805. The number of hydrogen-bond donors (Lipinski definition) is 2. The molecule has 0 saturated carbocycles. The molecule has 1 unspecified atom stereocenters. The number of aliphatic hydroxyl groups is 1. The highest BCUT2D eigenvalue weighted by atomic mass is 16.3. The van der Waals surface area contributed by atoms with Gasteiger partial charge in [0.2, 0.25) is 0 Å². The highest BCUT2D eigenvalue weighted by Gasteiger charge is 2.04. The number of benzene rings is 2. The molecule has 0 saturated heterocycles. The highest BCUT2D eigenvalue weighted by Crippen LogP contribution is 2.19. The molecule has 2 rings (SSSR count). The zero-order valence-corrected chi connectivity index (χ0v) is 12.0. The van der Waals surface area contributed by atoms with Gasteiger partial charge >= 0.3 is 0 Å². The van der Waals surface area contributed by atoms with E-state index in [0.29, 0.717) is 6.04 Å². The Morgan fingerprint density at radius 2 is 1.60 bits per heavy atom. The van der Waals surface area contributed by atoms with Crippen molar-refractivity contribution in [2.75, 3.05) is 6.61 Å². The third-order valence-electron chi connectivity index (χ3n) is 3.63. The molecular weight excluding hydrogens is 246 g/mol. The molecule has 2 heteroatoms. The van der Waals surface area contributed by atoms with Gasteiger partial charge in [-0.25, -0.2) is 0 Å². The van der Waals surface area contributed by atoms with Crippen LogP contribution in [-0.4, -0.2) is 17.8 Å². The fourth-order valence-corrected chi connectivity index (χ4v) is 2.31. The van der Waals surface area contributed by atoms with Crippen LogP contribution >= 0.6 is 0 Å². The van der Waals surface area contributed by atoms with Gasteiger partial charge in [0, 0.05) is 19.2 Å². The minimum absolute atomic E-state index is 0.248. The van der Waals surface area contributed by atoms with Crippen molar-refractivity contribution in [1.82, 2.24) is 5.32 Å². The van der Waals surface area contributed by atoms with E-state index in [-0.39, 0.29) is 6.61 Å². The second-order valence-corrected chi connectivity index (χ2v) is 5.06. The average molecular weight is 269 g/mol. The van der Waals surface area contributed by atoms with Gasteiger partial charge in [-0.05, 0) is 29.5 Å². The topological polar surface area (TPSA) is 32.3 Å². The summed E-state index contributed by atoms with van der Waals surface area (Å²) in [6, 6.07) is 19.5. The van der Waals surface area contributed by atoms with E-state index in [4.69, 9.17) is 5.11 Å². The zero-order valence-electron chi connectivity index (χ0n) is 12.0. The largest absolute Gasteiger partial charge is 0.396 e. The van der Waals surface area contributed by atoms with Crippen LogP contribution in [0.4, 0.5) is 0 Å². The molecule has 0 amide bonds. The summed E-state index contributed by atoms with van der Waals surface area (Å²) in [4.78, 5) is 0. The lowest BCUT2D eigenvalue weighted by Gasteiger charge is -2.15. The van der Waals surface area contributed by atoms with Gasteiger partial charge in [0.1, 0.15) is 0 Å². The fourth-order valence-electron chi connectivity index (χ4n) is 2.31. The number of aliphatic hydroxyl groups excluding tert-OH is 1. The summed E-state index contributed by atoms with van der Waals surface area (Å²) >= 11 is 0. The Balaban J connectivity index is 1.95. The fraction of sp³-hybridized carbons (Fsp3) is 0.333. The van der Waals surface area contributed by atoms with Crippen molar-refractivity contribution >= 4 is 0 Å². The van der Waals surface area contributed by atoms with E-state index >= 15 is 0 Å². The zero-order chi connectivity index (χ0) is 14.2. The molecular formula is C18H23NO. The summed E-state index contributed by atoms with van der Waals surface area (Å²) in [7, 11) is 0. The van der Waals surface area contributed by atoms with Crippen LogP contribution in [0.1, 0.15) is 25.3 Å². The molecule has 2 aromatic rings. The van der Waals surface area contributed by atoms with E-state index in [1.165, 1.54) is 16.7 Å². The second kappa shape index (κ2) is 7.83. The first-order chi connectivity index (χ1) is 9.83. The van der Waals surface area contributed by atoms with Gasteiger partial charge in [-0.3, -0.25) is 0 Å². The molecule has 0 spiro atoms.